The molecule has 0 fully saturated rings. The van der Waals surface area contributed by atoms with Crippen molar-refractivity contribution in [1.82, 2.24) is 40.1 Å². The molecule has 0 bridgehead atoms. The summed E-state index contributed by atoms with van der Waals surface area (Å²) >= 11 is 0. The molecule has 3 heterocycles. The van der Waals surface area contributed by atoms with E-state index in [1.807, 2.05) is 29.2 Å². The van der Waals surface area contributed by atoms with Crippen LogP contribution in [0.15, 0.2) is 18.5 Å². The summed E-state index contributed by atoms with van der Waals surface area (Å²) in [6, 6.07) is 3.75. The molecule has 0 unspecified atom stereocenters. The Labute approximate surface area is 145 Å². The van der Waals surface area contributed by atoms with Crippen molar-refractivity contribution in [3.63, 3.8) is 0 Å². The van der Waals surface area contributed by atoms with E-state index in [9.17, 15) is 4.79 Å². The highest BCUT2D eigenvalue weighted by molar-refractivity contribution is 5.92. The lowest BCUT2D eigenvalue weighted by atomic mass is 10.3. The van der Waals surface area contributed by atoms with Gasteiger partial charge in [0.15, 0.2) is 5.82 Å². The Morgan fingerprint density at radius 1 is 1.32 bits per heavy atom. The molecular formula is C16H22N8O. The summed E-state index contributed by atoms with van der Waals surface area (Å²) in [5.41, 5.74) is 3.20. The molecule has 0 aromatic carbocycles. The minimum atomic E-state index is -0.248. The van der Waals surface area contributed by atoms with E-state index in [1.54, 1.807) is 12.4 Å². The van der Waals surface area contributed by atoms with Crippen molar-refractivity contribution < 1.29 is 4.79 Å². The van der Waals surface area contributed by atoms with Gasteiger partial charge >= 0.3 is 0 Å². The van der Waals surface area contributed by atoms with Crippen LogP contribution in [0.2, 0.25) is 0 Å². The van der Waals surface area contributed by atoms with Gasteiger partial charge in [0.2, 0.25) is 0 Å². The zero-order valence-corrected chi connectivity index (χ0v) is 14.7. The maximum absolute atomic E-state index is 12.3. The van der Waals surface area contributed by atoms with Gasteiger partial charge in [-0.3, -0.25) is 14.6 Å². The van der Waals surface area contributed by atoms with Gasteiger partial charge in [0.05, 0.1) is 24.5 Å². The Morgan fingerprint density at radius 2 is 2.16 bits per heavy atom. The Bertz CT molecular complexity index is 859. The Hall–Kier alpha value is -2.97. The number of amides is 1. The summed E-state index contributed by atoms with van der Waals surface area (Å²) in [7, 11) is 0. The Morgan fingerprint density at radius 3 is 2.88 bits per heavy atom. The Kier molecular flexibility index (Phi) is 4.92. The van der Waals surface area contributed by atoms with Crippen LogP contribution in [0.4, 0.5) is 0 Å². The van der Waals surface area contributed by atoms with Crippen LogP contribution in [0.5, 0.6) is 0 Å². The van der Waals surface area contributed by atoms with E-state index in [0.717, 1.165) is 35.9 Å². The number of aromatic amines is 1. The highest BCUT2D eigenvalue weighted by Gasteiger charge is 2.13. The highest BCUT2D eigenvalue weighted by atomic mass is 16.1. The minimum Gasteiger partial charge on any atom is -0.343 e. The summed E-state index contributed by atoms with van der Waals surface area (Å²) in [5.74, 6) is 0.482. The molecule has 9 nitrogen and oxygen atoms in total. The lowest BCUT2D eigenvalue weighted by Crippen LogP contribution is -2.25. The highest BCUT2D eigenvalue weighted by Crippen LogP contribution is 2.07. The van der Waals surface area contributed by atoms with Crippen molar-refractivity contribution in [2.45, 2.75) is 46.8 Å². The lowest BCUT2D eigenvalue weighted by molar-refractivity contribution is 0.0944. The number of aromatic nitrogens is 7. The van der Waals surface area contributed by atoms with Crippen molar-refractivity contribution in [1.29, 1.82) is 0 Å². The monoisotopic (exact) mass is 342 g/mol. The first kappa shape index (κ1) is 16.9. The fraction of sp³-hybridized carbons (Fsp3) is 0.438. The van der Waals surface area contributed by atoms with E-state index in [2.05, 4.69) is 37.7 Å². The van der Waals surface area contributed by atoms with Gasteiger partial charge < -0.3 is 9.88 Å². The number of nitrogens with zero attached hydrogens (tertiary/aromatic N) is 6. The smallest absolute Gasteiger partial charge is 0.272 e. The molecule has 132 valence electrons. The number of nitrogens with one attached hydrogen (secondary N) is 2. The fourth-order valence-electron chi connectivity index (χ4n) is 2.65. The van der Waals surface area contributed by atoms with Crippen molar-refractivity contribution in [2.75, 3.05) is 0 Å². The summed E-state index contributed by atoms with van der Waals surface area (Å²) < 4.78 is 3.80. The molecule has 2 N–H and O–H groups in total. The van der Waals surface area contributed by atoms with E-state index >= 15 is 0 Å². The van der Waals surface area contributed by atoms with E-state index in [-0.39, 0.29) is 5.91 Å². The molecule has 25 heavy (non-hydrogen) atoms. The van der Waals surface area contributed by atoms with Gasteiger partial charge in [0.25, 0.3) is 5.91 Å². The van der Waals surface area contributed by atoms with Gasteiger partial charge in [-0.05, 0) is 32.4 Å². The number of rotatable bonds is 7. The standard InChI is InChI=1S/C16H22N8O/c1-4-5-23-10-18-21-15(23)8-17-16(25)14-7-13(19-20-14)9-24-12(3)6-11(2)22-24/h6-7,10H,4-5,8-9H2,1-3H3,(H,17,25)(H,19,20). The van der Waals surface area contributed by atoms with Crippen LogP contribution >= 0.6 is 0 Å². The molecule has 3 rings (SSSR count). The third-order valence-electron chi connectivity index (χ3n) is 3.85. The first-order valence-electron chi connectivity index (χ1n) is 8.27. The molecule has 0 atom stereocenters. The van der Waals surface area contributed by atoms with E-state index in [4.69, 9.17) is 0 Å². The SMILES string of the molecule is CCCn1cnnc1CNC(=O)c1cc(Cn2nc(C)cc2C)[nH]n1. The molecular weight excluding hydrogens is 320 g/mol. The van der Waals surface area contributed by atoms with Crippen LogP contribution in [0.25, 0.3) is 0 Å². The van der Waals surface area contributed by atoms with Gasteiger partial charge in [-0.25, -0.2) is 0 Å². The quantitative estimate of drug-likeness (QED) is 0.671. The van der Waals surface area contributed by atoms with Crippen LogP contribution in [-0.4, -0.2) is 40.6 Å². The topological polar surface area (TPSA) is 106 Å². The second-order valence-corrected chi connectivity index (χ2v) is 5.99. The molecule has 0 saturated heterocycles. The second-order valence-electron chi connectivity index (χ2n) is 5.99. The lowest BCUT2D eigenvalue weighted by Gasteiger charge is -2.05. The predicted octanol–water partition coefficient (Wildman–Crippen LogP) is 1.20. The molecule has 3 aromatic rings. The third kappa shape index (κ3) is 3.93. The summed E-state index contributed by atoms with van der Waals surface area (Å²) in [6.45, 7) is 7.72. The number of aryl methyl sites for hydroxylation is 3. The van der Waals surface area contributed by atoms with Gasteiger partial charge in [-0.2, -0.15) is 10.2 Å². The van der Waals surface area contributed by atoms with Gasteiger partial charge in [-0.15, -0.1) is 10.2 Å². The summed E-state index contributed by atoms with van der Waals surface area (Å²) in [6.07, 6.45) is 2.65. The van der Waals surface area contributed by atoms with Crippen molar-refractivity contribution >= 4 is 5.91 Å². The zero-order chi connectivity index (χ0) is 17.8. The van der Waals surface area contributed by atoms with Gasteiger partial charge in [-0.1, -0.05) is 6.92 Å². The number of hydrogen-bond acceptors (Lipinski definition) is 5. The molecule has 0 aliphatic rings. The first-order chi connectivity index (χ1) is 12.1. The maximum atomic E-state index is 12.3. The van der Waals surface area contributed by atoms with Crippen LogP contribution < -0.4 is 5.32 Å². The largest absolute Gasteiger partial charge is 0.343 e. The summed E-state index contributed by atoms with van der Waals surface area (Å²) in [5, 5.41) is 22.1. The van der Waals surface area contributed by atoms with E-state index < -0.39 is 0 Å². The number of carbonyl (C=O) groups is 1. The number of hydrogen-bond donors (Lipinski definition) is 2. The third-order valence-corrected chi connectivity index (χ3v) is 3.85. The normalized spacial score (nSPS) is 11.0. The number of carbonyl (C=O) groups excluding carboxylic acids is 1. The molecule has 0 aliphatic carbocycles. The molecule has 1 amide bonds. The molecule has 0 spiro atoms. The van der Waals surface area contributed by atoms with E-state index in [1.165, 1.54) is 0 Å². The predicted molar refractivity (Wildman–Crippen MR) is 90.9 cm³/mol. The second kappa shape index (κ2) is 7.29. The Balaban J connectivity index is 1.60. The average molecular weight is 342 g/mol. The van der Waals surface area contributed by atoms with Crippen LogP contribution in [-0.2, 0) is 19.6 Å². The van der Waals surface area contributed by atoms with Crippen molar-refractivity contribution in [3.05, 3.63) is 47.1 Å². The van der Waals surface area contributed by atoms with Gasteiger partial charge in [0, 0.05) is 12.2 Å². The average Bonchev–Trinajstić information content (AvgIpc) is 3.28. The maximum Gasteiger partial charge on any atom is 0.272 e. The van der Waals surface area contributed by atoms with Crippen LogP contribution in [0, 0.1) is 13.8 Å². The van der Waals surface area contributed by atoms with Crippen molar-refractivity contribution in [3.8, 4) is 0 Å². The molecule has 3 aromatic heterocycles. The fourth-order valence-corrected chi connectivity index (χ4v) is 2.65. The summed E-state index contributed by atoms with van der Waals surface area (Å²) in [4.78, 5) is 12.3. The van der Waals surface area contributed by atoms with Crippen molar-refractivity contribution in [2.24, 2.45) is 0 Å². The number of H-pyrrole nitrogens is 1. The van der Waals surface area contributed by atoms with Gasteiger partial charge in [0.1, 0.15) is 12.0 Å². The molecule has 0 aliphatic heterocycles. The molecule has 9 heteroatoms. The first-order valence-corrected chi connectivity index (χ1v) is 8.27. The minimum absolute atomic E-state index is 0.248. The zero-order valence-electron chi connectivity index (χ0n) is 14.7. The van der Waals surface area contributed by atoms with Crippen LogP contribution in [0.1, 0.15) is 46.7 Å². The van der Waals surface area contributed by atoms with E-state index in [0.29, 0.717) is 18.8 Å². The molecule has 0 saturated carbocycles. The molecule has 0 radical (unpaired) electrons. The van der Waals surface area contributed by atoms with Crippen LogP contribution in [0.3, 0.4) is 0 Å².